The molecule has 204 valence electrons. The Morgan fingerprint density at radius 3 is 2.14 bits per heavy atom. The summed E-state index contributed by atoms with van der Waals surface area (Å²) in [5.41, 5.74) is 5.52. The van der Waals surface area contributed by atoms with Crippen molar-refractivity contribution < 1.29 is 38.2 Å². The second kappa shape index (κ2) is 16.0. The topological polar surface area (TPSA) is 195 Å². The minimum absolute atomic E-state index is 0.0834. The number of ketones is 1. The lowest BCUT2D eigenvalue weighted by molar-refractivity contribution is -0.144. The Morgan fingerprint density at radius 2 is 1.57 bits per heavy atom. The molecule has 0 fully saturated rings. The van der Waals surface area contributed by atoms with E-state index in [0.717, 1.165) is 7.11 Å². The monoisotopic (exact) mass is 521 g/mol. The lowest BCUT2D eigenvalue weighted by Gasteiger charge is -2.25. The summed E-state index contributed by atoms with van der Waals surface area (Å²) in [6.45, 7) is 4.10. The highest BCUT2D eigenvalue weighted by Gasteiger charge is 2.30. The van der Waals surface area contributed by atoms with Crippen LogP contribution in [0.1, 0.15) is 37.6 Å². The van der Waals surface area contributed by atoms with E-state index in [1.165, 1.54) is 19.1 Å². The van der Waals surface area contributed by atoms with Crippen LogP contribution in [0.3, 0.4) is 0 Å². The summed E-state index contributed by atoms with van der Waals surface area (Å²) in [5.74, 6) is -4.42. The van der Waals surface area contributed by atoms with Crippen LogP contribution in [-0.4, -0.2) is 80.5 Å². The maximum Gasteiger partial charge on any atom is 0.338 e. The van der Waals surface area contributed by atoms with Gasteiger partial charge in [-0.3, -0.25) is 29.3 Å². The first-order valence-electron chi connectivity index (χ1n) is 11.6. The number of rotatable bonds is 15. The summed E-state index contributed by atoms with van der Waals surface area (Å²) < 4.78 is 9.58. The molecule has 0 aliphatic rings. The van der Waals surface area contributed by atoms with Crippen molar-refractivity contribution in [1.82, 2.24) is 21.3 Å². The van der Waals surface area contributed by atoms with E-state index >= 15 is 0 Å². The highest BCUT2D eigenvalue weighted by atomic mass is 16.5. The van der Waals surface area contributed by atoms with Crippen molar-refractivity contribution in [2.45, 2.75) is 45.3 Å². The van der Waals surface area contributed by atoms with E-state index in [1.54, 1.807) is 32.0 Å². The first-order chi connectivity index (χ1) is 17.5. The predicted molar refractivity (Wildman–Crippen MR) is 132 cm³/mol. The first-order valence-corrected chi connectivity index (χ1v) is 11.6. The van der Waals surface area contributed by atoms with Crippen molar-refractivity contribution >= 4 is 35.4 Å². The number of esters is 2. The lowest BCUT2D eigenvalue weighted by Crippen LogP contribution is -2.57. The lowest BCUT2D eigenvalue weighted by atomic mass is 10.0. The van der Waals surface area contributed by atoms with Gasteiger partial charge in [0.2, 0.25) is 17.7 Å². The van der Waals surface area contributed by atoms with Gasteiger partial charge in [-0.15, -0.1) is 0 Å². The van der Waals surface area contributed by atoms with E-state index in [9.17, 15) is 28.8 Å². The van der Waals surface area contributed by atoms with Gasteiger partial charge in [0.25, 0.3) is 0 Å². The fourth-order valence-electron chi connectivity index (χ4n) is 3.00. The van der Waals surface area contributed by atoms with Crippen molar-refractivity contribution in [3.8, 4) is 0 Å². The molecular formula is C24H35N5O8. The van der Waals surface area contributed by atoms with E-state index in [-0.39, 0.29) is 24.7 Å². The van der Waals surface area contributed by atoms with Gasteiger partial charge in [0.05, 0.1) is 25.6 Å². The molecule has 0 aliphatic carbocycles. The molecule has 13 nitrogen and oxygen atoms in total. The van der Waals surface area contributed by atoms with Crippen LogP contribution in [0.15, 0.2) is 30.3 Å². The summed E-state index contributed by atoms with van der Waals surface area (Å²) in [5, 5.41) is 10.1. The number of nitrogens with two attached hydrogens (primary N) is 1. The molecule has 1 aromatic rings. The standard InChI is InChI=1S/C24H35N5O8/c1-14(2)21(29-19(31)11-26-13-25)23(34)27-15(3)22(33)28-17(10-20(32)36-4)18(30)12-37-24(35)16-8-6-5-7-9-16/h5-9,14-15,17,21,26H,10-13,25H2,1-4H3,(H,27,34)(H,28,33)(H,29,31). The van der Waals surface area contributed by atoms with Gasteiger partial charge in [0.1, 0.15) is 18.1 Å². The van der Waals surface area contributed by atoms with Crippen LogP contribution in [0.4, 0.5) is 0 Å². The van der Waals surface area contributed by atoms with E-state index in [1.807, 2.05) is 0 Å². The predicted octanol–water partition coefficient (Wildman–Crippen LogP) is -1.39. The molecule has 37 heavy (non-hydrogen) atoms. The van der Waals surface area contributed by atoms with Crippen LogP contribution >= 0.6 is 0 Å². The second-order valence-corrected chi connectivity index (χ2v) is 8.40. The number of hydrogen-bond donors (Lipinski definition) is 5. The Bertz CT molecular complexity index is 954. The van der Waals surface area contributed by atoms with Gasteiger partial charge in [-0.2, -0.15) is 0 Å². The summed E-state index contributed by atoms with van der Waals surface area (Å²) in [6, 6.07) is 4.53. The summed E-state index contributed by atoms with van der Waals surface area (Å²) in [7, 11) is 1.12. The Labute approximate surface area is 215 Å². The van der Waals surface area contributed by atoms with Crippen LogP contribution < -0.4 is 27.0 Å². The Kier molecular flexibility index (Phi) is 13.5. The molecule has 0 radical (unpaired) electrons. The van der Waals surface area contributed by atoms with Crippen LogP contribution in [0.25, 0.3) is 0 Å². The zero-order valence-corrected chi connectivity index (χ0v) is 21.4. The normalized spacial score (nSPS) is 13.0. The van der Waals surface area contributed by atoms with Gasteiger partial charge >= 0.3 is 11.9 Å². The first kappa shape index (κ1) is 31.2. The van der Waals surface area contributed by atoms with Crippen molar-refractivity contribution in [3.05, 3.63) is 35.9 Å². The number of carbonyl (C=O) groups is 6. The highest BCUT2D eigenvalue weighted by Crippen LogP contribution is 2.05. The van der Waals surface area contributed by atoms with Gasteiger partial charge in [-0.25, -0.2) is 4.79 Å². The SMILES string of the molecule is COC(=O)CC(NC(=O)C(C)NC(=O)C(NC(=O)CNCN)C(C)C)C(=O)COC(=O)c1ccccc1. The molecule has 0 spiro atoms. The summed E-state index contributed by atoms with van der Waals surface area (Å²) in [6.07, 6.45) is -0.510. The fraction of sp³-hybridized carbons (Fsp3) is 0.500. The molecule has 13 heteroatoms. The Morgan fingerprint density at radius 1 is 0.919 bits per heavy atom. The molecule has 0 heterocycles. The van der Waals surface area contributed by atoms with Gasteiger partial charge in [-0.1, -0.05) is 32.0 Å². The van der Waals surface area contributed by atoms with Crippen LogP contribution in [0, 0.1) is 5.92 Å². The number of benzene rings is 1. The summed E-state index contributed by atoms with van der Waals surface area (Å²) >= 11 is 0. The van der Waals surface area contributed by atoms with Gasteiger partial charge < -0.3 is 31.2 Å². The maximum absolute atomic E-state index is 12.7. The largest absolute Gasteiger partial charge is 0.469 e. The smallest absolute Gasteiger partial charge is 0.338 e. The number of hydrogen-bond acceptors (Lipinski definition) is 10. The van der Waals surface area contributed by atoms with Crippen molar-refractivity contribution in [1.29, 1.82) is 0 Å². The van der Waals surface area contributed by atoms with Crippen LogP contribution in [0.2, 0.25) is 0 Å². The van der Waals surface area contributed by atoms with Crippen molar-refractivity contribution in [2.75, 3.05) is 26.9 Å². The van der Waals surface area contributed by atoms with E-state index < -0.39 is 66.6 Å². The van der Waals surface area contributed by atoms with Crippen LogP contribution in [0.5, 0.6) is 0 Å². The third-order valence-corrected chi connectivity index (χ3v) is 5.11. The second-order valence-electron chi connectivity index (χ2n) is 8.40. The van der Waals surface area contributed by atoms with Gasteiger partial charge in [-0.05, 0) is 25.0 Å². The Balaban J connectivity index is 2.80. The quantitative estimate of drug-likeness (QED) is 0.135. The Hall–Kier alpha value is -3.84. The number of nitrogens with one attached hydrogen (secondary N) is 4. The number of methoxy groups -OCH3 is 1. The number of ether oxygens (including phenoxy) is 2. The van der Waals surface area contributed by atoms with Gasteiger partial charge in [0, 0.05) is 6.67 Å². The molecule has 0 bridgehead atoms. The average molecular weight is 522 g/mol. The van der Waals surface area contributed by atoms with Crippen molar-refractivity contribution in [2.24, 2.45) is 11.7 Å². The molecule has 0 aromatic heterocycles. The molecule has 1 aromatic carbocycles. The fourth-order valence-corrected chi connectivity index (χ4v) is 3.00. The number of carbonyl (C=O) groups excluding carboxylic acids is 6. The number of Topliss-reactive ketones (excluding diaryl/α,β-unsaturated/α-hetero) is 1. The molecule has 0 aliphatic heterocycles. The third-order valence-electron chi connectivity index (χ3n) is 5.11. The molecule has 3 atom stereocenters. The minimum Gasteiger partial charge on any atom is -0.469 e. The highest BCUT2D eigenvalue weighted by molar-refractivity contribution is 5.97. The van der Waals surface area contributed by atoms with Crippen LogP contribution in [-0.2, 0) is 33.4 Å². The van der Waals surface area contributed by atoms with E-state index in [2.05, 4.69) is 26.0 Å². The molecule has 0 saturated carbocycles. The molecule has 3 amide bonds. The molecule has 1 rings (SSSR count). The van der Waals surface area contributed by atoms with E-state index in [0.29, 0.717) is 0 Å². The molecular weight excluding hydrogens is 486 g/mol. The zero-order chi connectivity index (χ0) is 28.0. The minimum atomic E-state index is -1.37. The van der Waals surface area contributed by atoms with Gasteiger partial charge in [0.15, 0.2) is 12.4 Å². The zero-order valence-electron chi connectivity index (χ0n) is 21.4. The average Bonchev–Trinajstić information content (AvgIpc) is 2.88. The van der Waals surface area contributed by atoms with E-state index in [4.69, 9.17) is 10.5 Å². The molecule has 0 saturated heterocycles. The molecule has 6 N–H and O–H groups in total. The molecule has 3 unspecified atom stereocenters. The summed E-state index contributed by atoms with van der Waals surface area (Å²) in [4.78, 5) is 74.0. The third kappa shape index (κ3) is 11.2. The maximum atomic E-state index is 12.7. The number of amides is 3. The van der Waals surface area contributed by atoms with Crippen molar-refractivity contribution in [3.63, 3.8) is 0 Å².